The minimum absolute atomic E-state index is 0.0191. The number of halogens is 2. The minimum atomic E-state index is -3.74. The lowest BCUT2D eigenvalue weighted by atomic mass is 10.1. The van der Waals surface area contributed by atoms with Gasteiger partial charge in [0.25, 0.3) is 10.0 Å². The molecule has 0 aliphatic rings. The zero-order valence-corrected chi connectivity index (χ0v) is 14.2. The normalized spacial score (nSPS) is 11.5. The van der Waals surface area contributed by atoms with Crippen LogP contribution < -0.4 is 9.46 Å². The van der Waals surface area contributed by atoms with Gasteiger partial charge < -0.3 is 4.74 Å². The molecule has 2 aromatic carbocycles. The molecular formula is C17H19F2NO3S. The third kappa shape index (κ3) is 4.67. The smallest absolute Gasteiger partial charge is 0.387 e. The Hall–Kier alpha value is -2.15. The number of sulfonamides is 1. The van der Waals surface area contributed by atoms with Crippen LogP contribution in [0.15, 0.2) is 47.4 Å². The Morgan fingerprint density at radius 2 is 1.79 bits per heavy atom. The van der Waals surface area contributed by atoms with Crippen LogP contribution in [0.25, 0.3) is 0 Å². The number of hydrogen-bond acceptors (Lipinski definition) is 3. The van der Waals surface area contributed by atoms with Crippen molar-refractivity contribution in [3.63, 3.8) is 0 Å². The second kappa shape index (κ2) is 7.61. The molecule has 24 heavy (non-hydrogen) atoms. The second-order valence-electron chi connectivity index (χ2n) is 5.35. The zero-order chi connectivity index (χ0) is 17.7. The summed E-state index contributed by atoms with van der Waals surface area (Å²) in [6, 6.07) is 10.7. The summed E-state index contributed by atoms with van der Waals surface area (Å²) in [6.07, 6.45) is 1.87. The van der Waals surface area contributed by atoms with E-state index in [1.165, 1.54) is 18.2 Å². The van der Waals surface area contributed by atoms with Crippen molar-refractivity contribution >= 4 is 15.7 Å². The van der Waals surface area contributed by atoms with E-state index in [-0.39, 0.29) is 10.6 Å². The van der Waals surface area contributed by atoms with Gasteiger partial charge in [0, 0.05) is 0 Å². The fourth-order valence-electron chi connectivity index (χ4n) is 2.25. The van der Waals surface area contributed by atoms with Crippen molar-refractivity contribution in [3.05, 3.63) is 53.6 Å². The average molecular weight is 355 g/mol. The van der Waals surface area contributed by atoms with Gasteiger partial charge in [-0.3, -0.25) is 4.72 Å². The SMILES string of the molecule is CCCc1ccc(S(=O)(=O)Nc2ccc(OC(F)F)cc2C)cc1. The van der Waals surface area contributed by atoms with E-state index in [0.717, 1.165) is 18.4 Å². The first-order chi connectivity index (χ1) is 11.3. The average Bonchev–Trinajstić information content (AvgIpc) is 2.50. The first-order valence-corrected chi connectivity index (χ1v) is 8.97. The van der Waals surface area contributed by atoms with Crippen molar-refractivity contribution in [2.75, 3.05) is 4.72 Å². The van der Waals surface area contributed by atoms with Crippen molar-refractivity contribution in [1.29, 1.82) is 0 Å². The van der Waals surface area contributed by atoms with Gasteiger partial charge in [-0.05, 0) is 54.8 Å². The van der Waals surface area contributed by atoms with Crippen LogP contribution in [0.4, 0.5) is 14.5 Å². The highest BCUT2D eigenvalue weighted by atomic mass is 32.2. The highest BCUT2D eigenvalue weighted by molar-refractivity contribution is 7.92. The predicted molar refractivity (Wildman–Crippen MR) is 89.1 cm³/mol. The quantitative estimate of drug-likeness (QED) is 0.803. The fourth-order valence-corrected chi connectivity index (χ4v) is 3.39. The lowest BCUT2D eigenvalue weighted by Crippen LogP contribution is -2.14. The molecule has 0 spiro atoms. The van der Waals surface area contributed by atoms with Gasteiger partial charge >= 0.3 is 6.61 Å². The van der Waals surface area contributed by atoms with E-state index >= 15 is 0 Å². The van der Waals surface area contributed by atoms with Crippen molar-refractivity contribution in [2.45, 2.75) is 38.2 Å². The first kappa shape index (κ1) is 18.2. The number of hydrogen-bond donors (Lipinski definition) is 1. The Balaban J connectivity index is 2.19. The third-order valence-corrected chi connectivity index (χ3v) is 4.82. The molecule has 130 valence electrons. The molecule has 0 aliphatic carbocycles. The Labute approximate surface area is 140 Å². The highest BCUT2D eigenvalue weighted by Crippen LogP contribution is 2.25. The topological polar surface area (TPSA) is 55.4 Å². The van der Waals surface area contributed by atoms with Crippen molar-refractivity contribution in [2.24, 2.45) is 0 Å². The van der Waals surface area contributed by atoms with Gasteiger partial charge in [-0.1, -0.05) is 25.5 Å². The van der Waals surface area contributed by atoms with Crippen molar-refractivity contribution in [3.8, 4) is 5.75 Å². The molecule has 4 nitrogen and oxygen atoms in total. The zero-order valence-electron chi connectivity index (χ0n) is 13.4. The van der Waals surface area contributed by atoms with Gasteiger partial charge in [0.1, 0.15) is 5.75 Å². The summed E-state index contributed by atoms with van der Waals surface area (Å²) in [5.74, 6) is -0.0191. The lowest BCUT2D eigenvalue weighted by molar-refractivity contribution is -0.0498. The molecule has 2 aromatic rings. The Morgan fingerprint density at radius 1 is 1.12 bits per heavy atom. The Bertz CT molecular complexity index is 790. The maximum absolute atomic E-state index is 12.4. The van der Waals surface area contributed by atoms with Crippen LogP contribution in [0, 0.1) is 6.92 Å². The molecule has 2 rings (SSSR count). The summed E-state index contributed by atoms with van der Waals surface area (Å²) in [6.45, 7) is 0.741. The van der Waals surface area contributed by atoms with E-state index in [0.29, 0.717) is 11.3 Å². The predicted octanol–water partition coefficient (Wildman–Crippen LogP) is 4.35. The molecular weight excluding hydrogens is 336 g/mol. The van der Waals surface area contributed by atoms with Crippen LogP contribution in [0.1, 0.15) is 24.5 Å². The van der Waals surface area contributed by atoms with E-state index in [4.69, 9.17) is 0 Å². The molecule has 0 saturated carbocycles. The molecule has 0 saturated heterocycles. The van der Waals surface area contributed by atoms with E-state index in [1.54, 1.807) is 31.2 Å². The van der Waals surface area contributed by atoms with Gasteiger partial charge in [0.05, 0.1) is 10.6 Å². The van der Waals surface area contributed by atoms with Gasteiger partial charge in [0.2, 0.25) is 0 Å². The first-order valence-electron chi connectivity index (χ1n) is 7.49. The largest absolute Gasteiger partial charge is 0.435 e. The third-order valence-electron chi connectivity index (χ3n) is 3.44. The second-order valence-corrected chi connectivity index (χ2v) is 7.04. The number of ether oxygens (including phenoxy) is 1. The summed E-state index contributed by atoms with van der Waals surface area (Å²) < 4.78 is 56.0. The molecule has 0 fully saturated rings. The number of anilines is 1. The minimum Gasteiger partial charge on any atom is -0.435 e. The standard InChI is InChI=1S/C17H19F2NO3S/c1-3-4-13-5-8-15(9-6-13)24(21,22)20-16-10-7-14(11-12(16)2)23-17(18)19/h5-11,17,20H,3-4H2,1-2H3. The van der Waals surface area contributed by atoms with Crippen LogP contribution in [0.2, 0.25) is 0 Å². The van der Waals surface area contributed by atoms with Gasteiger partial charge in [-0.2, -0.15) is 8.78 Å². The maximum atomic E-state index is 12.4. The Morgan fingerprint density at radius 3 is 2.33 bits per heavy atom. The van der Waals surface area contributed by atoms with Crippen LogP contribution in [0.3, 0.4) is 0 Å². The Kier molecular flexibility index (Phi) is 5.77. The number of nitrogens with one attached hydrogen (secondary N) is 1. The molecule has 0 bridgehead atoms. The molecule has 0 atom stereocenters. The number of aryl methyl sites for hydroxylation is 2. The number of rotatable bonds is 7. The van der Waals surface area contributed by atoms with E-state index < -0.39 is 16.6 Å². The van der Waals surface area contributed by atoms with E-state index in [9.17, 15) is 17.2 Å². The molecule has 0 heterocycles. The molecule has 0 amide bonds. The van der Waals surface area contributed by atoms with E-state index in [2.05, 4.69) is 16.4 Å². The van der Waals surface area contributed by atoms with Crippen LogP contribution in [0.5, 0.6) is 5.75 Å². The van der Waals surface area contributed by atoms with Crippen LogP contribution >= 0.6 is 0 Å². The summed E-state index contributed by atoms with van der Waals surface area (Å²) in [5, 5.41) is 0. The molecule has 0 radical (unpaired) electrons. The maximum Gasteiger partial charge on any atom is 0.387 e. The van der Waals surface area contributed by atoms with Gasteiger partial charge in [-0.15, -0.1) is 0 Å². The fraction of sp³-hybridized carbons (Fsp3) is 0.294. The van der Waals surface area contributed by atoms with Crippen LogP contribution in [-0.4, -0.2) is 15.0 Å². The summed E-state index contributed by atoms with van der Waals surface area (Å²) in [7, 11) is -3.74. The van der Waals surface area contributed by atoms with Gasteiger partial charge in [-0.25, -0.2) is 8.42 Å². The molecule has 0 aromatic heterocycles. The lowest BCUT2D eigenvalue weighted by Gasteiger charge is -2.12. The van der Waals surface area contributed by atoms with Crippen LogP contribution in [-0.2, 0) is 16.4 Å². The molecule has 7 heteroatoms. The summed E-state index contributed by atoms with van der Waals surface area (Å²) in [5.41, 5.74) is 1.87. The van der Waals surface area contributed by atoms with Crippen molar-refractivity contribution in [1.82, 2.24) is 0 Å². The highest BCUT2D eigenvalue weighted by Gasteiger charge is 2.16. The summed E-state index contributed by atoms with van der Waals surface area (Å²) >= 11 is 0. The summed E-state index contributed by atoms with van der Waals surface area (Å²) in [4.78, 5) is 0.148. The molecule has 1 N–H and O–H groups in total. The van der Waals surface area contributed by atoms with Crippen molar-refractivity contribution < 1.29 is 21.9 Å². The molecule has 0 aliphatic heterocycles. The number of benzene rings is 2. The number of alkyl halides is 2. The van der Waals surface area contributed by atoms with Gasteiger partial charge in [0.15, 0.2) is 0 Å². The molecule has 0 unspecified atom stereocenters. The monoisotopic (exact) mass is 355 g/mol. The van der Waals surface area contributed by atoms with E-state index in [1.807, 2.05) is 0 Å².